The maximum Gasteiger partial charge on any atom is 0.254 e. The van der Waals surface area contributed by atoms with Crippen molar-refractivity contribution in [2.45, 2.75) is 12.6 Å². The molecular weight excluding hydrogens is 294 g/mol. The van der Waals surface area contributed by atoms with E-state index >= 15 is 0 Å². The highest BCUT2D eigenvalue weighted by Gasteiger charge is 2.30. The van der Waals surface area contributed by atoms with Crippen LogP contribution in [0.2, 0.25) is 0 Å². The number of thiophene rings is 1. The van der Waals surface area contributed by atoms with Gasteiger partial charge < -0.3 is 4.90 Å². The van der Waals surface area contributed by atoms with Gasteiger partial charge in [0.15, 0.2) is 0 Å². The number of piperazine rings is 1. The third-order valence-electron chi connectivity index (χ3n) is 3.92. The summed E-state index contributed by atoms with van der Waals surface area (Å²) in [6.07, 6.45) is 0. The van der Waals surface area contributed by atoms with Gasteiger partial charge in [0.2, 0.25) is 0 Å². The van der Waals surface area contributed by atoms with Gasteiger partial charge in [-0.3, -0.25) is 9.69 Å². The molecule has 1 aliphatic rings. The van der Waals surface area contributed by atoms with Gasteiger partial charge in [0.25, 0.3) is 5.91 Å². The molecule has 1 amide bonds. The normalized spacial score (nSPS) is 18.9. The first kappa shape index (κ1) is 14.8. The molecule has 0 radical (unpaired) electrons. The molecule has 0 bridgehead atoms. The van der Waals surface area contributed by atoms with E-state index in [-0.39, 0.29) is 11.9 Å². The molecule has 1 aromatic carbocycles. The van der Waals surface area contributed by atoms with Crippen molar-refractivity contribution in [2.24, 2.45) is 0 Å². The second-order valence-corrected chi connectivity index (χ2v) is 6.14. The number of hydrogen-bond acceptors (Lipinski definition) is 4. The zero-order valence-electron chi connectivity index (χ0n) is 12.2. The molecule has 112 valence electrons. The Kier molecular flexibility index (Phi) is 4.52. The SMILES string of the molecule is N#C[C@H]1CN(C(=O)c2ccsc2)CCN1Cc1ccccc1. The Hall–Kier alpha value is -2.16. The van der Waals surface area contributed by atoms with Gasteiger partial charge in [0.1, 0.15) is 6.04 Å². The van der Waals surface area contributed by atoms with E-state index in [2.05, 4.69) is 23.1 Å². The van der Waals surface area contributed by atoms with Crippen LogP contribution in [-0.4, -0.2) is 41.4 Å². The number of nitrogens with zero attached hydrogens (tertiary/aromatic N) is 3. The van der Waals surface area contributed by atoms with Crippen LogP contribution in [0.4, 0.5) is 0 Å². The summed E-state index contributed by atoms with van der Waals surface area (Å²) in [5, 5.41) is 13.2. The Bertz CT molecular complexity index is 663. The summed E-state index contributed by atoms with van der Waals surface area (Å²) in [6.45, 7) is 2.61. The lowest BCUT2D eigenvalue weighted by molar-refractivity contribution is 0.0552. The molecule has 0 spiro atoms. The summed E-state index contributed by atoms with van der Waals surface area (Å²) < 4.78 is 0. The Morgan fingerprint density at radius 3 is 2.77 bits per heavy atom. The Balaban J connectivity index is 1.66. The quantitative estimate of drug-likeness (QED) is 0.875. The van der Waals surface area contributed by atoms with E-state index in [0.29, 0.717) is 13.1 Å². The predicted octanol–water partition coefficient (Wildman–Crippen LogP) is 2.60. The lowest BCUT2D eigenvalue weighted by atomic mass is 10.1. The predicted molar refractivity (Wildman–Crippen MR) is 86.5 cm³/mol. The smallest absolute Gasteiger partial charge is 0.254 e. The van der Waals surface area contributed by atoms with Gasteiger partial charge in [-0.2, -0.15) is 16.6 Å². The van der Waals surface area contributed by atoms with Crippen LogP contribution in [0.15, 0.2) is 47.2 Å². The largest absolute Gasteiger partial charge is 0.335 e. The molecule has 2 heterocycles. The van der Waals surface area contributed by atoms with Gasteiger partial charge in [0.05, 0.1) is 11.6 Å². The van der Waals surface area contributed by atoms with Crippen molar-refractivity contribution in [3.05, 3.63) is 58.3 Å². The minimum absolute atomic E-state index is 0.0286. The van der Waals surface area contributed by atoms with Gasteiger partial charge in [-0.1, -0.05) is 30.3 Å². The highest BCUT2D eigenvalue weighted by molar-refractivity contribution is 7.08. The second-order valence-electron chi connectivity index (χ2n) is 5.36. The van der Waals surface area contributed by atoms with Crippen molar-refractivity contribution in [2.75, 3.05) is 19.6 Å². The summed E-state index contributed by atoms with van der Waals surface area (Å²) >= 11 is 1.52. The summed E-state index contributed by atoms with van der Waals surface area (Å²) in [6, 6.07) is 14.1. The number of amides is 1. The summed E-state index contributed by atoms with van der Waals surface area (Å²) in [5.41, 5.74) is 1.92. The van der Waals surface area contributed by atoms with E-state index in [0.717, 1.165) is 18.7 Å². The van der Waals surface area contributed by atoms with Crippen molar-refractivity contribution in [1.29, 1.82) is 5.26 Å². The lowest BCUT2D eigenvalue weighted by Gasteiger charge is -2.38. The van der Waals surface area contributed by atoms with Gasteiger partial charge >= 0.3 is 0 Å². The maximum absolute atomic E-state index is 12.4. The van der Waals surface area contributed by atoms with Crippen LogP contribution in [0.1, 0.15) is 15.9 Å². The summed E-state index contributed by atoms with van der Waals surface area (Å²) in [7, 11) is 0. The molecular formula is C17H17N3OS. The summed E-state index contributed by atoms with van der Waals surface area (Å²) in [5.74, 6) is 0.0286. The van der Waals surface area contributed by atoms with Crippen LogP contribution < -0.4 is 0 Å². The molecule has 5 heteroatoms. The number of carbonyl (C=O) groups is 1. The van der Waals surface area contributed by atoms with Crippen molar-refractivity contribution in [3.8, 4) is 6.07 Å². The zero-order valence-corrected chi connectivity index (χ0v) is 13.0. The molecule has 3 rings (SSSR count). The van der Waals surface area contributed by atoms with E-state index in [1.54, 1.807) is 4.90 Å². The molecule has 22 heavy (non-hydrogen) atoms. The number of hydrogen-bond donors (Lipinski definition) is 0. The minimum atomic E-state index is -0.253. The molecule has 4 nitrogen and oxygen atoms in total. The lowest BCUT2D eigenvalue weighted by Crippen LogP contribution is -2.53. The molecule has 1 aromatic heterocycles. The van der Waals surface area contributed by atoms with E-state index in [9.17, 15) is 10.1 Å². The van der Waals surface area contributed by atoms with E-state index in [1.165, 1.54) is 16.9 Å². The van der Waals surface area contributed by atoms with E-state index in [1.807, 2.05) is 35.0 Å². The monoisotopic (exact) mass is 311 g/mol. The Labute approximate surface area is 134 Å². The first-order valence-electron chi connectivity index (χ1n) is 7.27. The van der Waals surface area contributed by atoms with Crippen LogP contribution in [0.5, 0.6) is 0 Å². The number of carbonyl (C=O) groups excluding carboxylic acids is 1. The van der Waals surface area contributed by atoms with Crippen molar-refractivity contribution in [3.63, 3.8) is 0 Å². The zero-order chi connectivity index (χ0) is 15.4. The maximum atomic E-state index is 12.4. The molecule has 0 saturated carbocycles. The van der Waals surface area contributed by atoms with Crippen LogP contribution in [-0.2, 0) is 6.54 Å². The van der Waals surface area contributed by atoms with Crippen molar-refractivity contribution < 1.29 is 4.79 Å². The minimum Gasteiger partial charge on any atom is -0.335 e. The first-order valence-corrected chi connectivity index (χ1v) is 8.21. The molecule has 1 fully saturated rings. The molecule has 0 aliphatic carbocycles. The summed E-state index contributed by atoms with van der Waals surface area (Å²) in [4.78, 5) is 16.3. The Morgan fingerprint density at radius 1 is 1.27 bits per heavy atom. The van der Waals surface area contributed by atoms with Crippen molar-refractivity contribution >= 4 is 17.2 Å². The van der Waals surface area contributed by atoms with Gasteiger partial charge in [-0.05, 0) is 17.0 Å². The highest BCUT2D eigenvalue weighted by Crippen LogP contribution is 2.17. The van der Waals surface area contributed by atoms with Crippen LogP contribution >= 0.6 is 11.3 Å². The average Bonchev–Trinajstić information content (AvgIpc) is 3.10. The van der Waals surface area contributed by atoms with Crippen LogP contribution in [0.3, 0.4) is 0 Å². The first-order chi connectivity index (χ1) is 10.8. The molecule has 0 unspecified atom stereocenters. The number of nitriles is 1. The fourth-order valence-electron chi connectivity index (χ4n) is 2.70. The topological polar surface area (TPSA) is 47.3 Å². The van der Waals surface area contributed by atoms with E-state index < -0.39 is 0 Å². The molecule has 1 aliphatic heterocycles. The second kappa shape index (κ2) is 6.73. The Morgan fingerprint density at radius 2 is 2.09 bits per heavy atom. The van der Waals surface area contributed by atoms with E-state index in [4.69, 9.17) is 0 Å². The highest BCUT2D eigenvalue weighted by atomic mass is 32.1. The van der Waals surface area contributed by atoms with Gasteiger partial charge in [-0.25, -0.2) is 0 Å². The standard InChI is InChI=1S/C17H17N3OS/c18-10-16-12-20(17(21)15-6-9-22-13-15)8-7-19(16)11-14-4-2-1-3-5-14/h1-6,9,13,16H,7-8,11-12H2/t16-/m0/s1. The fraction of sp³-hybridized carbons (Fsp3) is 0.294. The third-order valence-corrected chi connectivity index (χ3v) is 4.61. The van der Waals surface area contributed by atoms with Gasteiger partial charge in [-0.15, -0.1) is 0 Å². The molecule has 1 saturated heterocycles. The van der Waals surface area contributed by atoms with Crippen molar-refractivity contribution in [1.82, 2.24) is 9.80 Å². The third kappa shape index (κ3) is 3.19. The molecule has 0 N–H and O–H groups in total. The fourth-order valence-corrected chi connectivity index (χ4v) is 3.33. The number of rotatable bonds is 3. The van der Waals surface area contributed by atoms with Crippen LogP contribution in [0.25, 0.3) is 0 Å². The molecule has 1 atom stereocenters. The molecule has 2 aromatic rings. The van der Waals surface area contributed by atoms with Gasteiger partial charge in [0, 0.05) is 31.6 Å². The average molecular weight is 311 g/mol. The van der Waals surface area contributed by atoms with Crippen LogP contribution in [0, 0.1) is 11.3 Å². The number of benzene rings is 1.